The van der Waals surface area contributed by atoms with Gasteiger partial charge in [-0.1, -0.05) is 42.1 Å². The largest absolute Gasteiger partial charge is 0.486 e. The van der Waals surface area contributed by atoms with E-state index in [4.69, 9.17) is 4.74 Å². The van der Waals surface area contributed by atoms with Crippen LogP contribution < -0.4 is 10.3 Å². The number of aromatic amines is 1. The molecule has 6 nitrogen and oxygen atoms in total. The van der Waals surface area contributed by atoms with E-state index in [1.54, 1.807) is 17.8 Å². The predicted molar refractivity (Wildman–Crippen MR) is 111 cm³/mol. The Hall–Kier alpha value is -3.06. The Morgan fingerprint density at radius 1 is 1.11 bits per heavy atom. The van der Waals surface area contributed by atoms with Gasteiger partial charge in [-0.3, -0.25) is 4.79 Å². The first kappa shape index (κ1) is 18.3. The lowest BCUT2D eigenvalue weighted by Gasteiger charge is -2.08. The van der Waals surface area contributed by atoms with Crippen molar-refractivity contribution in [2.75, 3.05) is 0 Å². The first-order chi connectivity index (χ1) is 13.6. The number of pyridine rings is 1. The van der Waals surface area contributed by atoms with Crippen molar-refractivity contribution in [1.29, 1.82) is 0 Å². The lowest BCUT2D eigenvalue weighted by atomic mass is 10.1. The molecule has 28 heavy (non-hydrogen) atoms. The molecule has 0 bridgehead atoms. The van der Waals surface area contributed by atoms with Crippen LogP contribution in [-0.2, 0) is 19.4 Å². The van der Waals surface area contributed by atoms with Gasteiger partial charge in [-0.15, -0.1) is 10.2 Å². The first-order valence-corrected chi connectivity index (χ1v) is 9.90. The zero-order chi connectivity index (χ0) is 19.5. The second-order valence-corrected chi connectivity index (χ2v) is 7.50. The van der Waals surface area contributed by atoms with Crippen molar-refractivity contribution in [3.05, 3.63) is 81.9 Å². The maximum Gasteiger partial charge on any atom is 0.248 e. The fraction of sp³-hybridized carbons (Fsp3) is 0.190. The summed E-state index contributed by atoms with van der Waals surface area (Å²) < 4.78 is 7.75. The monoisotopic (exact) mass is 392 g/mol. The number of hydrogen-bond acceptors (Lipinski definition) is 5. The minimum Gasteiger partial charge on any atom is -0.486 e. The van der Waals surface area contributed by atoms with Crippen LogP contribution in [0.1, 0.15) is 17.0 Å². The molecule has 0 saturated heterocycles. The highest BCUT2D eigenvalue weighted by Gasteiger charge is 2.12. The number of aryl methyl sites for hydroxylation is 1. The topological polar surface area (TPSA) is 72.8 Å². The van der Waals surface area contributed by atoms with E-state index in [-0.39, 0.29) is 5.56 Å². The second kappa shape index (κ2) is 7.90. The lowest BCUT2D eigenvalue weighted by Crippen LogP contribution is -2.06. The summed E-state index contributed by atoms with van der Waals surface area (Å²) in [4.78, 5) is 14.8. The van der Waals surface area contributed by atoms with Crippen LogP contribution in [0.5, 0.6) is 5.75 Å². The maximum absolute atomic E-state index is 11.9. The van der Waals surface area contributed by atoms with Gasteiger partial charge in [-0.2, -0.15) is 0 Å². The highest BCUT2D eigenvalue weighted by Crippen LogP contribution is 2.25. The Morgan fingerprint density at radius 2 is 1.96 bits per heavy atom. The number of ether oxygens (including phenoxy) is 1. The van der Waals surface area contributed by atoms with Crippen LogP contribution in [-0.4, -0.2) is 19.7 Å². The molecule has 0 saturated carbocycles. The smallest absolute Gasteiger partial charge is 0.248 e. The third-order valence-electron chi connectivity index (χ3n) is 4.48. The van der Waals surface area contributed by atoms with Crippen LogP contribution in [0.2, 0.25) is 0 Å². The van der Waals surface area contributed by atoms with Crippen LogP contribution in [0.15, 0.2) is 64.5 Å². The highest BCUT2D eigenvalue weighted by atomic mass is 32.2. The molecule has 0 spiro atoms. The fourth-order valence-electron chi connectivity index (χ4n) is 2.99. The molecule has 0 fully saturated rings. The lowest BCUT2D eigenvalue weighted by molar-refractivity contribution is 0.290. The van der Waals surface area contributed by atoms with E-state index in [1.807, 2.05) is 67.1 Å². The molecule has 0 amide bonds. The second-order valence-electron chi connectivity index (χ2n) is 6.56. The number of rotatable bonds is 6. The molecule has 0 aliphatic carbocycles. The van der Waals surface area contributed by atoms with Crippen molar-refractivity contribution in [3.63, 3.8) is 0 Å². The molecule has 0 aliphatic rings. The number of benzene rings is 2. The van der Waals surface area contributed by atoms with Crippen molar-refractivity contribution < 1.29 is 4.74 Å². The molecule has 2 aromatic carbocycles. The number of nitrogens with one attached hydrogen (secondary N) is 1. The minimum absolute atomic E-state index is 0.0977. The number of thioether (sulfide) groups is 1. The Morgan fingerprint density at radius 3 is 2.82 bits per heavy atom. The number of H-pyrrole nitrogens is 1. The fourth-order valence-corrected chi connectivity index (χ4v) is 3.91. The molecule has 1 N–H and O–H groups in total. The van der Waals surface area contributed by atoms with Crippen molar-refractivity contribution in [1.82, 2.24) is 19.7 Å². The van der Waals surface area contributed by atoms with Gasteiger partial charge >= 0.3 is 0 Å². The standard InChI is InChI=1S/C21H20N4O2S/c1-14-6-5-7-16(10-14)27-12-19-23-24-21(25(19)2)28-13-15-11-20(26)22-18-9-4-3-8-17(15)18/h3-11H,12-13H2,1-2H3,(H,22,26). The van der Waals surface area contributed by atoms with E-state index in [0.717, 1.165) is 38.8 Å². The molecule has 0 unspecified atom stereocenters. The molecular weight excluding hydrogens is 372 g/mol. The number of hydrogen-bond donors (Lipinski definition) is 1. The van der Waals surface area contributed by atoms with Gasteiger partial charge in [0.05, 0.1) is 0 Å². The van der Waals surface area contributed by atoms with E-state index in [9.17, 15) is 4.79 Å². The summed E-state index contributed by atoms with van der Waals surface area (Å²) in [5.74, 6) is 2.20. The van der Waals surface area contributed by atoms with E-state index in [1.165, 1.54) is 0 Å². The third kappa shape index (κ3) is 3.94. The number of aromatic nitrogens is 4. The Balaban J connectivity index is 1.47. The Labute approximate surface area is 166 Å². The molecule has 4 aromatic rings. The molecular formula is C21H20N4O2S. The SMILES string of the molecule is Cc1cccc(OCc2nnc(SCc3cc(=O)[nH]c4ccccc34)n2C)c1. The molecule has 0 atom stereocenters. The van der Waals surface area contributed by atoms with Crippen LogP contribution >= 0.6 is 11.8 Å². The Bertz CT molecular complexity index is 1180. The highest BCUT2D eigenvalue weighted by molar-refractivity contribution is 7.98. The van der Waals surface area contributed by atoms with Gasteiger partial charge < -0.3 is 14.3 Å². The van der Waals surface area contributed by atoms with Crippen molar-refractivity contribution in [2.45, 2.75) is 24.4 Å². The molecule has 0 radical (unpaired) electrons. The van der Waals surface area contributed by atoms with E-state index < -0.39 is 0 Å². The average Bonchev–Trinajstić information content (AvgIpc) is 3.04. The summed E-state index contributed by atoms with van der Waals surface area (Å²) in [5, 5.41) is 10.3. The van der Waals surface area contributed by atoms with Gasteiger partial charge in [0.2, 0.25) is 5.56 Å². The van der Waals surface area contributed by atoms with Gasteiger partial charge in [-0.05, 0) is 36.2 Å². The van der Waals surface area contributed by atoms with Crippen LogP contribution in [0.3, 0.4) is 0 Å². The number of fused-ring (bicyclic) bond motifs is 1. The van der Waals surface area contributed by atoms with Gasteiger partial charge in [0, 0.05) is 29.8 Å². The summed E-state index contributed by atoms with van der Waals surface area (Å²) in [6.07, 6.45) is 0. The molecule has 2 aromatic heterocycles. The van der Waals surface area contributed by atoms with Gasteiger partial charge in [-0.25, -0.2) is 0 Å². The predicted octanol–water partition coefficient (Wildman–Crippen LogP) is 3.84. The first-order valence-electron chi connectivity index (χ1n) is 8.91. The van der Waals surface area contributed by atoms with Crippen molar-refractivity contribution in [3.8, 4) is 5.75 Å². The third-order valence-corrected chi connectivity index (χ3v) is 5.54. The van der Waals surface area contributed by atoms with Gasteiger partial charge in [0.25, 0.3) is 0 Å². The molecule has 0 aliphatic heterocycles. The van der Waals surface area contributed by atoms with Crippen LogP contribution in [0.4, 0.5) is 0 Å². The summed E-state index contributed by atoms with van der Waals surface area (Å²) in [6, 6.07) is 17.4. The quantitative estimate of drug-likeness (QED) is 0.505. The average molecular weight is 392 g/mol. The minimum atomic E-state index is -0.0977. The Kier molecular flexibility index (Phi) is 5.16. The summed E-state index contributed by atoms with van der Waals surface area (Å²) in [6.45, 7) is 2.38. The number of para-hydroxylation sites is 1. The van der Waals surface area contributed by atoms with Gasteiger partial charge in [0.1, 0.15) is 12.4 Å². The molecule has 2 heterocycles. The van der Waals surface area contributed by atoms with Crippen molar-refractivity contribution >= 4 is 22.7 Å². The van der Waals surface area contributed by atoms with Crippen LogP contribution in [0, 0.1) is 6.92 Å². The summed E-state index contributed by atoms with van der Waals surface area (Å²) in [5.41, 5.74) is 2.87. The summed E-state index contributed by atoms with van der Waals surface area (Å²) in [7, 11) is 1.92. The maximum atomic E-state index is 11.9. The van der Waals surface area contributed by atoms with Crippen LogP contribution in [0.25, 0.3) is 10.9 Å². The van der Waals surface area contributed by atoms with Gasteiger partial charge in [0.15, 0.2) is 11.0 Å². The summed E-state index contributed by atoms with van der Waals surface area (Å²) >= 11 is 1.55. The van der Waals surface area contributed by atoms with E-state index in [2.05, 4.69) is 15.2 Å². The zero-order valence-corrected chi connectivity index (χ0v) is 16.5. The zero-order valence-electron chi connectivity index (χ0n) is 15.7. The van der Waals surface area contributed by atoms with E-state index in [0.29, 0.717) is 12.4 Å². The normalized spacial score (nSPS) is 11.1. The number of nitrogens with zero attached hydrogens (tertiary/aromatic N) is 3. The molecule has 142 valence electrons. The molecule has 7 heteroatoms. The molecule has 4 rings (SSSR count). The van der Waals surface area contributed by atoms with Crippen molar-refractivity contribution in [2.24, 2.45) is 7.05 Å². The van der Waals surface area contributed by atoms with E-state index >= 15 is 0 Å².